The summed E-state index contributed by atoms with van der Waals surface area (Å²) >= 11 is 0. The van der Waals surface area contributed by atoms with Gasteiger partial charge in [-0.2, -0.15) is 0 Å². The lowest BCUT2D eigenvalue weighted by molar-refractivity contribution is -0.135. The van der Waals surface area contributed by atoms with Crippen molar-refractivity contribution in [3.8, 4) is 0 Å². The highest BCUT2D eigenvalue weighted by atomic mass is 16.6. The molecular weight excluding hydrogens is 616 g/mol. The Morgan fingerprint density at radius 3 is 2.27 bits per heavy atom. The number of nitrogens with zero attached hydrogens (tertiary/aromatic N) is 2. The van der Waals surface area contributed by atoms with Crippen LogP contribution in [-0.4, -0.2) is 97.7 Å². The maximum Gasteiger partial charge on any atom is 0.274 e. The van der Waals surface area contributed by atoms with Crippen LogP contribution in [0, 0.1) is 5.92 Å². The van der Waals surface area contributed by atoms with Crippen molar-refractivity contribution in [2.75, 3.05) is 46.6 Å². The van der Waals surface area contributed by atoms with Crippen molar-refractivity contribution < 1.29 is 37.9 Å². The molecule has 3 aromatic rings. The fourth-order valence-corrected chi connectivity index (χ4v) is 5.76. The number of aromatic nitrogens is 1. The second-order valence-corrected chi connectivity index (χ2v) is 12.6. The average molecular weight is 661 g/mol. The van der Waals surface area contributed by atoms with Crippen LogP contribution >= 0.6 is 0 Å². The smallest absolute Gasteiger partial charge is 0.274 e. The normalized spacial score (nSPS) is 19.5. The number of carbonyl (C=O) groups excluding carboxylic acids is 4. The van der Waals surface area contributed by atoms with Crippen LogP contribution in [0.2, 0.25) is 0 Å². The predicted molar refractivity (Wildman–Crippen MR) is 175 cm³/mol. The SMILES string of the molecule is COC[C@H](CC(=O)[C@H](CCc1ccccc1)NC(=O)c1cc(CN2CCOCC2)on1)C(=O)N[C@@H](Cc1ccccc1)C(=O)[C@@]1(C)CO1. The molecule has 5 rings (SSSR count). The Bertz CT molecular complexity index is 1520. The number of methoxy groups -OCH3 is 1. The van der Waals surface area contributed by atoms with Gasteiger partial charge in [0.25, 0.3) is 5.91 Å². The Hall–Kier alpha value is -4.23. The molecule has 2 fully saturated rings. The quantitative estimate of drug-likeness (QED) is 0.195. The van der Waals surface area contributed by atoms with Crippen LogP contribution in [0.1, 0.15) is 47.1 Å². The van der Waals surface area contributed by atoms with Gasteiger partial charge >= 0.3 is 0 Å². The molecule has 2 amide bonds. The van der Waals surface area contributed by atoms with Gasteiger partial charge in [0.1, 0.15) is 5.60 Å². The van der Waals surface area contributed by atoms with E-state index >= 15 is 0 Å². The van der Waals surface area contributed by atoms with Crippen molar-refractivity contribution in [2.24, 2.45) is 5.92 Å². The van der Waals surface area contributed by atoms with Crippen LogP contribution in [0.3, 0.4) is 0 Å². The number of morpholine rings is 1. The molecule has 0 unspecified atom stereocenters. The number of carbonyl (C=O) groups is 4. The summed E-state index contributed by atoms with van der Waals surface area (Å²) in [5, 5.41) is 9.67. The van der Waals surface area contributed by atoms with Crippen molar-refractivity contribution in [2.45, 2.75) is 56.8 Å². The number of ketones is 2. The fourth-order valence-electron chi connectivity index (χ4n) is 5.76. The van der Waals surface area contributed by atoms with Crippen molar-refractivity contribution in [1.29, 1.82) is 0 Å². The van der Waals surface area contributed by atoms with Gasteiger partial charge in [0.05, 0.1) is 51.0 Å². The summed E-state index contributed by atoms with van der Waals surface area (Å²) in [6, 6.07) is 18.8. The fraction of sp³-hybridized carbons (Fsp3) is 0.472. The van der Waals surface area contributed by atoms with E-state index in [-0.39, 0.29) is 43.3 Å². The second kappa shape index (κ2) is 16.7. The van der Waals surface area contributed by atoms with Gasteiger partial charge in [0.15, 0.2) is 23.0 Å². The Morgan fingerprint density at radius 1 is 0.958 bits per heavy atom. The number of hydrogen-bond donors (Lipinski definition) is 2. The summed E-state index contributed by atoms with van der Waals surface area (Å²) in [5.74, 6) is -1.95. The molecule has 0 saturated carbocycles. The van der Waals surface area contributed by atoms with Crippen LogP contribution in [0.15, 0.2) is 71.3 Å². The first-order valence-electron chi connectivity index (χ1n) is 16.4. The Morgan fingerprint density at radius 2 is 1.62 bits per heavy atom. The van der Waals surface area contributed by atoms with E-state index in [1.54, 1.807) is 13.0 Å². The number of ether oxygens (including phenoxy) is 3. The van der Waals surface area contributed by atoms with Gasteiger partial charge in [-0.15, -0.1) is 0 Å². The zero-order valence-corrected chi connectivity index (χ0v) is 27.5. The number of benzene rings is 2. The third kappa shape index (κ3) is 9.89. The van der Waals surface area contributed by atoms with Crippen LogP contribution in [-0.2, 0) is 48.0 Å². The van der Waals surface area contributed by atoms with Gasteiger partial charge in [0.2, 0.25) is 5.91 Å². The second-order valence-electron chi connectivity index (χ2n) is 12.6. The number of nitrogens with one attached hydrogen (secondary N) is 2. The Kier molecular flexibility index (Phi) is 12.2. The molecule has 48 heavy (non-hydrogen) atoms. The Balaban J connectivity index is 1.27. The monoisotopic (exact) mass is 660 g/mol. The van der Waals surface area contributed by atoms with Gasteiger partial charge in [-0.1, -0.05) is 65.8 Å². The first-order chi connectivity index (χ1) is 23.2. The summed E-state index contributed by atoms with van der Waals surface area (Å²) in [5.41, 5.74) is 1.00. The summed E-state index contributed by atoms with van der Waals surface area (Å²) in [7, 11) is 1.45. The molecule has 1 aromatic heterocycles. The maximum atomic E-state index is 13.9. The van der Waals surface area contributed by atoms with E-state index in [4.69, 9.17) is 18.7 Å². The van der Waals surface area contributed by atoms with Gasteiger partial charge in [-0.25, -0.2) is 0 Å². The highest BCUT2D eigenvalue weighted by Gasteiger charge is 2.50. The molecule has 0 spiro atoms. The zero-order chi connectivity index (χ0) is 33.9. The topological polar surface area (TPSA) is 153 Å². The number of epoxide rings is 1. The first-order valence-corrected chi connectivity index (χ1v) is 16.4. The maximum absolute atomic E-state index is 13.9. The van der Waals surface area contributed by atoms with Crippen LogP contribution in [0.5, 0.6) is 0 Å². The first kappa shape index (κ1) is 35.1. The van der Waals surface area contributed by atoms with Gasteiger partial charge in [-0.3, -0.25) is 24.1 Å². The summed E-state index contributed by atoms with van der Waals surface area (Å²) in [6.45, 7) is 5.20. The minimum atomic E-state index is -0.949. The number of amides is 2. The van der Waals surface area contributed by atoms with Crippen molar-refractivity contribution in [1.82, 2.24) is 20.7 Å². The van der Waals surface area contributed by atoms with Crippen LogP contribution in [0.25, 0.3) is 0 Å². The summed E-state index contributed by atoms with van der Waals surface area (Å²) in [4.78, 5) is 56.4. The van der Waals surface area contributed by atoms with E-state index in [0.29, 0.717) is 38.4 Å². The minimum Gasteiger partial charge on any atom is -0.384 e. The third-order valence-electron chi connectivity index (χ3n) is 8.73. The predicted octanol–water partition coefficient (Wildman–Crippen LogP) is 2.55. The molecule has 2 aliphatic rings. The van der Waals surface area contributed by atoms with Crippen LogP contribution in [0.4, 0.5) is 0 Å². The molecule has 256 valence electrons. The number of aryl methyl sites for hydroxylation is 1. The van der Waals surface area contributed by atoms with E-state index in [1.165, 1.54) is 7.11 Å². The number of Topliss-reactive ketones (excluding diaryl/α,β-unsaturated/α-hetero) is 2. The van der Waals surface area contributed by atoms with Gasteiger partial charge < -0.3 is 29.4 Å². The largest absolute Gasteiger partial charge is 0.384 e. The van der Waals surface area contributed by atoms with Gasteiger partial charge in [0, 0.05) is 32.7 Å². The zero-order valence-electron chi connectivity index (χ0n) is 27.5. The molecule has 12 nitrogen and oxygen atoms in total. The van der Waals surface area contributed by atoms with E-state index < -0.39 is 35.4 Å². The van der Waals surface area contributed by atoms with Crippen molar-refractivity contribution >= 4 is 23.4 Å². The average Bonchev–Trinajstić information content (AvgIpc) is 3.69. The van der Waals surface area contributed by atoms with Crippen LogP contribution < -0.4 is 10.6 Å². The highest BCUT2D eigenvalue weighted by Crippen LogP contribution is 2.29. The molecule has 2 saturated heterocycles. The lowest BCUT2D eigenvalue weighted by atomic mass is 9.92. The van der Waals surface area contributed by atoms with E-state index in [1.807, 2.05) is 60.7 Å². The molecule has 2 N–H and O–H groups in total. The van der Waals surface area contributed by atoms with Crippen molar-refractivity contribution in [3.63, 3.8) is 0 Å². The standard InChI is InChI=1S/C36H44N4O8/c1-36(24-47-36)33(42)30(19-26-11-7-4-8-12-26)38-34(43)27(23-45-2)20-32(41)29(14-13-25-9-5-3-6-10-25)37-35(44)31-21-28(48-39-31)22-40-15-17-46-18-16-40/h3-12,21,27,29-30H,13-20,22-24H2,1-2H3,(H,37,44)(H,38,43)/t27-,29-,30-,36+/m0/s1. The molecule has 0 aliphatic carbocycles. The lowest BCUT2D eigenvalue weighted by Crippen LogP contribution is -2.50. The summed E-state index contributed by atoms with van der Waals surface area (Å²) in [6.07, 6.45) is 0.894. The molecular formula is C36H44N4O8. The lowest BCUT2D eigenvalue weighted by Gasteiger charge is -2.25. The van der Waals surface area contributed by atoms with E-state index in [0.717, 1.165) is 24.2 Å². The summed E-state index contributed by atoms with van der Waals surface area (Å²) < 4.78 is 21.6. The minimum absolute atomic E-state index is 0.0505. The molecule has 2 aliphatic heterocycles. The van der Waals surface area contributed by atoms with E-state index in [2.05, 4.69) is 20.7 Å². The van der Waals surface area contributed by atoms with Crippen molar-refractivity contribution in [3.05, 3.63) is 89.3 Å². The molecule has 4 atom stereocenters. The number of rotatable bonds is 18. The van der Waals surface area contributed by atoms with E-state index in [9.17, 15) is 19.2 Å². The molecule has 0 bridgehead atoms. The Labute approximate surface area is 280 Å². The van der Waals surface area contributed by atoms with Gasteiger partial charge in [-0.05, 0) is 37.3 Å². The molecule has 0 radical (unpaired) electrons. The molecule has 3 heterocycles. The number of hydrogen-bond acceptors (Lipinski definition) is 10. The highest BCUT2D eigenvalue weighted by molar-refractivity contribution is 5.99. The molecule has 2 aromatic carbocycles. The third-order valence-corrected chi connectivity index (χ3v) is 8.73. The molecule has 12 heteroatoms.